The molecule has 26 heavy (non-hydrogen) atoms. The van der Waals surface area contributed by atoms with Gasteiger partial charge in [0.1, 0.15) is 0 Å². The molecule has 2 heterocycles. The minimum Gasteiger partial charge on any atom is -0.330 e. The van der Waals surface area contributed by atoms with Crippen molar-refractivity contribution in [3.05, 3.63) is 63.4 Å². The number of carbonyl (C=O) groups is 1. The molecule has 3 rings (SSSR count). The highest BCUT2D eigenvalue weighted by molar-refractivity contribution is 7.15. The van der Waals surface area contributed by atoms with Gasteiger partial charge in [-0.25, -0.2) is 9.78 Å². The fourth-order valence-corrected chi connectivity index (χ4v) is 3.75. The van der Waals surface area contributed by atoms with Gasteiger partial charge in [0, 0.05) is 29.6 Å². The summed E-state index contributed by atoms with van der Waals surface area (Å²) in [4.78, 5) is 17.8. The summed E-state index contributed by atoms with van der Waals surface area (Å²) in [6.07, 6.45) is 2.58. The van der Waals surface area contributed by atoms with Crippen LogP contribution in [0.2, 0.25) is 5.02 Å². The van der Waals surface area contributed by atoms with Gasteiger partial charge in [0.25, 0.3) is 0 Å². The Labute approximate surface area is 161 Å². The Morgan fingerprint density at radius 3 is 2.88 bits per heavy atom. The first-order valence-electron chi connectivity index (χ1n) is 8.18. The maximum atomic E-state index is 12.2. The van der Waals surface area contributed by atoms with Gasteiger partial charge in [-0.2, -0.15) is 5.10 Å². The first kappa shape index (κ1) is 18.4. The number of aromatic nitrogens is 3. The van der Waals surface area contributed by atoms with Crippen LogP contribution in [0.25, 0.3) is 0 Å². The first-order valence-corrected chi connectivity index (χ1v) is 9.38. The highest BCUT2D eigenvalue weighted by atomic mass is 35.5. The molecule has 3 aromatic rings. The number of nitrogens with zero attached hydrogens (tertiary/aromatic N) is 3. The van der Waals surface area contributed by atoms with Crippen LogP contribution < -0.4 is 10.6 Å². The van der Waals surface area contributed by atoms with Crippen molar-refractivity contribution in [1.29, 1.82) is 0 Å². The third-order valence-electron chi connectivity index (χ3n) is 3.89. The van der Waals surface area contributed by atoms with Crippen molar-refractivity contribution in [1.82, 2.24) is 20.1 Å². The van der Waals surface area contributed by atoms with E-state index in [-0.39, 0.29) is 12.1 Å². The van der Waals surface area contributed by atoms with Crippen LogP contribution in [0.1, 0.15) is 34.8 Å². The molecule has 1 aromatic carbocycles. The van der Waals surface area contributed by atoms with Crippen LogP contribution in [-0.4, -0.2) is 20.8 Å². The van der Waals surface area contributed by atoms with Gasteiger partial charge in [-0.1, -0.05) is 23.7 Å². The van der Waals surface area contributed by atoms with Crippen LogP contribution in [0, 0.1) is 6.92 Å². The Balaban J connectivity index is 1.62. The van der Waals surface area contributed by atoms with Crippen molar-refractivity contribution >= 4 is 34.1 Å². The molecule has 0 saturated carbocycles. The highest BCUT2D eigenvalue weighted by Gasteiger charge is 2.15. The number of thiazole rings is 1. The van der Waals surface area contributed by atoms with Crippen LogP contribution in [0.3, 0.4) is 0 Å². The Morgan fingerprint density at radius 1 is 1.38 bits per heavy atom. The minimum atomic E-state index is -0.300. The lowest BCUT2D eigenvalue weighted by atomic mass is 10.1. The normalized spacial score (nSPS) is 12.0. The average molecular weight is 390 g/mol. The van der Waals surface area contributed by atoms with E-state index in [2.05, 4.69) is 20.7 Å². The molecule has 2 aromatic heterocycles. The molecule has 6 nitrogen and oxygen atoms in total. The van der Waals surface area contributed by atoms with Gasteiger partial charge < -0.3 is 5.32 Å². The molecule has 0 fully saturated rings. The number of rotatable bonds is 5. The van der Waals surface area contributed by atoms with E-state index in [4.69, 9.17) is 11.6 Å². The number of hydrogen-bond acceptors (Lipinski definition) is 4. The quantitative estimate of drug-likeness (QED) is 0.682. The first-order chi connectivity index (χ1) is 12.4. The highest BCUT2D eigenvalue weighted by Crippen LogP contribution is 2.26. The smallest absolute Gasteiger partial charge is 0.321 e. The van der Waals surface area contributed by atoms with E-state index in [9.17, 15) is 4.79 Å². The number of carbonyl (C=O) groups excluding carboxylic acids is 1. The molecule has 0 aliphatic carbocycles. The molecule has 2 amide bonds. The summed E-state index contributed by atoms with van der Waals surface area (Å²) in [7, 11) is 1.84. The maximum Gasteiger partial charge on any atom is 0.321 e. The Morgan fingerprint density at radius 2 is 2.19 bits per heavy atom. The molecule has 0 bridgehead atoms. The lowest BCUT2D eigenvalue weighted by molar-refractivity contribution is 0.249. The minimum absolute atomic E-state index is 0.191. The monoisotopic (exact) mass is 389 g/mol. The number of aryl methyl sites for hydroxylation is 2. The van der Waals surface area contributed by atoms with Gasteiger partial charge in [-0.3, -0.25) is 10.00 Å². The van der Waals surface area contributed by atoms with E-state index >= 15 is 0 Å². The van der Waals surface area contributed by atoms with Gasteiger partial charge >= 0.3 is 6.03 Å². The van der Waals surface area contributed by atoms with Gasteiger partial charge in [0.05, 0.1) is 17.4 Å². The summed E-state index contributed by atoms with van der Waals surface area (Å²) in [6, 6.07) is 9.13. The number of amides is 2. The zero-order chi connectivity index (χ0) is 18.7. The Bertz CT molecular complexity index is 920. The van der Waals surface area contributed by atoms with E-state index in [1.165, 1.54) is 11.3 Å². The van der Waals surface area contributed by atoms with Gasteiger partial charge in [-0.15, -0.1) is 11.3 Å². The molecular formula is C18H20ClN5OS. The van der Waals surface area contributed by atoms with Crippen molar-refractivity contribution in [2.75, 3.05) is 5.32 Å². The number of hydrogen-bond donors (Lipinski definition) is 2. The maximum absolute atomic E-state index is 12.2. The standard InChI is InChI=1S/C18H20ClN5OS/c1-11(15-7-8-24(3)23-15)20-17(25)22-18-21-12(2)16(26-18)10-13-5-4-6-14(19)9-13/h4-9,11H,10H2,1-3H3,(H2,20,21,22,25). The molecule has 1 atom stereocenters. The van der Waals surface area contributed by atoms with Crippen LogP contribution in [0.4, 0.5) is 9.93 Å². The lowest BCUT2D eigenvalue weighted by Gasteiger charge is -2.11. The molecule has 1 unspecified atom stereocenters. The Kier molecular flexibility index (Phi) is 5.58. The molecule has 8 heteroatoms. The second kappa shape index (κ2) is 7.88. The van der Waals surface area contributed by atoms with Crippen molar-refractivity contribution in [3.63, 3.8) is 0 Å². The number of urea groups is 1. The summed E-state index contributed by atoms with van der Waals surface area (Å²) in [5.74, 6) is 0. The zero-order valence-electron chi connectivity index (χ0n) is 14.8. The summed E-state index contributed by atoms with van der Waals surface area (Å²) in [5.41, 5.74) is 2.83. The third kappa shape index (κ3) is 4.62. The van der Waals surface area contributed by atoms with E-state index in [1.54, 1.807) is 4.68 Å². The second-order valence-electron chi connectivity index (χ2n) is 6.07. The van der Waals surface area contributed by atoms with E-state index in [0.717, 1.165) is 28.2 Å². The summed E-state index contributed by atoms with van der Waals surface area (Å²) in [5, 5.41) is 11.3. The summed E-state index contributed by atoms with van der Waals surface area (Å²) >= 11 is 7.51. The van der Waals surface area contributed by atoms with Crippen LogP contribution >= 0.6 is 22.9 Å². The fourth-order valence-electron chi connectivity index (χ4n) is 2.55. The molecule has 0 radical (unpaired) electrons. The van der Waals surface area contributed by atoms with E-state index < -0.39 is 0 Å². The van der Waals surface area contributed by atoms with Gasteiger partial charge in [0.15, 0.2) is 5.13 Å². The average Bonchev–Trinajstić information content (AvgIpc) is 3.14. The predicted octanol–water partition coefficient (Wildman–Crippen LogP) is 4.31. The van der Waals surface area contributed by atoms with E-state index in [0.29, 0.717) is 10.2 Å². The van der Waals surface area contributed by atoms with E-state index in [1.807, 2.05) is 57.4 Å². The van der Waals surface area contributed by atoms with Crippen molar-refractivity contribution in [2.45, 2.75) is 26.3 Å². The number of nitrogens with one attached hydrogen (secondary N) is 2. The van der Waals surface area contributed by atoms with Crippen molar-refractivity contribution in [2.24, 2.45) is 7.05 Å². The van der Waals surface area contributed by atoms with Crippen molar-refractivity contribution < 1.29 is 4.79 Å². The molecule has 0 spiro atoms. The SMILES string of the molecule is Cc1nc(NC(=O)NC(C)c2ccn(C)n2)sc1Cc1cccc(Cl)c1. The zero-order valence-corrected chi connectivity index (χ0v) is 16.4. The largest absolute Gasteiger partial charge is 0.330 e. The van der Waals surface area contributed by atoms with Crippen LogP contribution in [0.5, 0.6) is 0 Å². The molecular weight excluding hydrogens is 370 g/mol. The molecule has 2 N–H and O–H groups in total. The molecule has 0 saturated heterocycles. The second-order valence-corrected chi connectivity index (χ2v) is 7.59. The number of anilines is 1. The fraction of sp³-hybridized carbons (Fsp3) is 0.278. The molecule has 136 valence electrons. The number of benzene rings is 1. The van der Waals surface area contributed by atoms with Crippen molar-refractivity contribution in [3.8, 4) is 0 Å². The summed E-state index contributed by atoms with van der Waals surface area (Å²) < 4.78 is 1.71. The van der Waals surface area contributed by atoms with Gasteiger partial charge in [0.2, 0.25) is 0 Å². The predicted molar refractivity (Wildman–Crippen MR) is 105 cm³/mol. The third-order valence-corrected chi connectivity index (χ3v) is 5.20. The topological polar surface area (TPSA) is 71.8 Å². The van der Waals surface area contributed by atoms with Crippen LogP contribution in [0.15, 0.2) is 36.5 Å². The molecule has 0 aliphatic rings. The van der Waals surface area contributed by atoms with Gasteiger partial charge in [-0.05, 0) is 37.6 Å². The lowest BCUT2D eigenvalue weighted by Crippen LogP contribution is -2.31. The number of halogens is 1. The van der Waals surface area contributed by atoms with Crippen LogP contribution in [-0.2, 0) is 13.5 Å². The Hall–Kier alpha value is -2.38. The molecule has 0 aliphatic heterocycles. The summed E-state index contributed by atoms with van der Waals surface area (Å²) in [6.45, 7) is 3.83.